The first kappa shape index (κ1) is 14.8. The lowest BCUT2D eigenvalue weighted by molar-refractivity contribution is 0.328. The molecule has 2 N–H and O–H groups in total. The first-order valence-electron chi connectivity index (χ1n) is 6.71. The van der Waals surface area contributed by atoms with Gasteiger partial charge in [0.05, 0.1) is 11.4 Å². The van der Waals surface area contributed by atoms with Crippen molar-refractivity contribution in [2.45, 2.75) is 26.3 Å². The van der Waals surface area contributed by atoms with Gasteiger partial charge in [0.2, 0.25) is 0 Å². The molecule has 0 radical (unpaired) electrons. The van der Waals surface area contributed by atoms with Crippen LogP contribution in [0, 0.1) is 23.7 Å². The van der Waals surface area contributed by atoms with Crippen LogP contribution in [0.15, 0.2) is 41.9 Å². The van der Waals surface area contributed by atoms with E-state index in [1.54, 1.807) is 12.4 Å². The van der Waals surface area contributed by atoms with Gasteiger partial charge in [-0.1, -0.05) is 6.07 Å². The van der Waals surface area contributed by atoms with Gasteiger partial charge in [0, 0.05) is 25.1 Å². The van der Waals surface area contributed by atoms with Crippen LogP contribution in [0.3, 0.4) is 0 Å². The zero-order chi connectivity index (χ0) is 15.6. The smallest absolute Gasteiger partial charge is 0.133 e. The fourth-order valence-corrected chi connectivity index (χ4v) is 2.33. The van der Waals surface area contributed by atoms with Crippen molar-refractivity contribution in [2.24, 2.45) is 0 Å². The van der Waals surface area contributed by atoms with E-state index in [-0.39, 0.29) is 0 Å². The first-order chi connectivity index (χ1) is 9.89. The summed E-state index contributed by atoms with van der Waals surface area (Å²) in [6.45, 7) is 5.82. The standard InChI is InChI=1S/C16H19N5/c1-11-9-19-13(8-17)10-21(4)16(11,3)15(18)14-7-5-6-12(2)20-14/h5-7,9-10,18-19H,1-4H3/t16-/m0/s1. The number of rotatable bonds is 2. The van der Waals surface area contributed by atoms with E-state index in [1.807, 2.05) is 50.9 Å². The van der Waals surface area contributed by atoms with Gasteiger partial charge >= 0.3 is 0 Å². The normalized spacial score (nSPS) is 21.6. The third-order valence-corrected chi connectivity index (χ3v) is 3.99. The molecule has 2 heterocycles. The highest BCUT2D eigenvalue weighted by Crippen LogP contribution is 2.29. The lowest BCUT2D eigenvalue weighted by Gasteiger charge is -2.38. The molecule has 1 aliphatic heterocycles. The molecule has 1 aromatic rings. The monoisotopic (exact) mass is 281 g/mol. The van der Waals surface area contributed by atoms with Gasteiger partial charge in [-0.25, -0.2) is 0 Å². The van der Waals surface area contributed by atoms with E-state index in [1.165, 1.54) is 0 Å². The van der Waals surface area contributed by atoms with Crippen LogP contribution in [0.2, 0.25) is 0 Å². The molecule has 5 nitrogen and oxygen atoms in total. The molecule has 0 aromatic carbocycles. The molecule has 0 bridgehead atoms. The summed E-state index contributed by atoms with van der Waals surface area (Å²) in [4.78, 5) is 6.33. The molecule has 0 fully saturated rings. The van der Waals surface area contributed by atoms with Crippen LogP contribution in [0.5, 0.6) is 0 Å². The number of nitriles is 1. The van der Waals surface area contributed by atoms with Crippen molar-refractivity contribution >= 4 is 5.71 Å². The van der Waals surface area contributed by atoms with Gasteiger partial charge < -0.3 is 15.6 Å². The summed E-state index contributed by atoms with van der Waals surface area (Å²) in [5.74, 6) is 0. The van der Waals surface area contributed by atoms with Gasteiger partial charge in [0.15, 0.2) is 0 Å². The van der Waals surface area contributed by atoms with Crippen molar-refractivity contribution in [3.8, 4) is 6.07 Å². The zero-order valence-electron chi connectivity index (χ0n) is 12.7. The van der Waals surface area contributed by atoms with E-state index >= 15 is 0 Å². The lowest BCUT2D eigenvalue weighted by atomic mass is 9.85. The minimum atomic E-state index is -0.660. The number of hydrogen-bond donors (Lipinski definition) is 2. The summed E-state index contributed by atoms with van der Waals surface area (Å²) in [7, 11) is 1.87. The SMILES string of the molecule is CC1=CNC(C#N)=CN(C)[C@]1(C)C(=N)c1cccc(C)n1. The number of hydrogen-bond acceptors (Lipinski definition) is 5. The van der Waals surface area contributed by atoms with Gasteiger partial charge in [-0.3, -0.25) is 4.98 Å². The van der Waals surface area contributed by atoms with E-state index in [9.17, 15) is 0 Å². The first-order valence-corrected chi connectivity index (χ1v) is 6.71. The van der Waals surface area contributed by atoms with Gasteiger partial charge in [0.1, 0.15) is 17.3 Å². The molecule has 0 saturated carbocycles. The van der Waals surface area contributed by atoms with Crippen LogP contribution >= 0.6 is 0 Å². The summed E-state index contributed by atoms with van der Waals surface area (Å²) in [5.41, 5.74) is 2.66. The van der Waals surface area contributed by atoms with Gasteiger partial charge in [-0.2, -0.15) is 5.26 Å². The van der Waals surface area contributed by atoms with Crippen LogP contribution in [0.4, 0.5) is 0 Å². The molecule has 0 saturated heterocycles. The Morgan fingerprint density at radius 2 is 2.14 bits per heavy atom. The zero-order valence-corrected chi connectivity index (χ0v) is 12.7. The number of nitrogens with one attached hydrogen (secondary N) is 2. The maximum absolute atomic E-state index is 9.08. The fraction of sp³-hybridized carbons (Fsp3) is 0.312. The van der Waals surface area contributed by atoms with E-state index < -0.39 is 5.54 Å². The third kappa shape index (κ3) is 2.52. The maximum Gasteiger partial charge on any atom is 0.133 e. The van der Waals surface area contributed by atoms with Crippen molar-refractivity contribution in [1.29, 1.82) is 10.7 Å². The Kier molecular flexibility index (Phi) is 3.81. The van der Waals surface area contributed by atoms with Crippen LogP contribution in [-0.4, -0.2) is 28.2 Å². The summed E-state index contributed by atoms with van der Waals surface area (Å²) in [5, 5.41) is 20.7. The van der Waals surface area contributed by atoms with Crippen LogP contribution in [-0.2, 0) is 0 Å². The van der Waals surface area contributed by atoms with Crippen LogP contribution < -0.4 is 5.32 Å². The number of pyridine rings is 1. The largest absolute Gasteiger partial charge is 0.363 e. The second-order valence-corrected chi connectivity index (χ2v) is 5.35. The molecular formula is C16H19N5. The summed E-state index contributed by atoms with van der Waals surface area (Å²) in [6, 6.07) is 7.75. The van der Waals surface area contributed by atoms with Crippen molar-refractivity contribution in [2.75, 3.05) is 7.05 Å². The Balaban J connectivity index is 2.51. The highest BCUT2D eigenvalue weighted by atomic mass is 15.2. The molecule has 1 aromatic heterocycles. The summed E-state index contributed by atoms with van der Waals surface area (Å²) in [6.07, 6.45) is 3.50. The quantitative estimate of drug-likeness (QED) is 0.816. The molecule has 5 heteroatoms. The fourth-order valence-electron chi connectivity index (χ4n) is 2.33. The molecule has 1 aliphatic rings. The van der Waals surface area contributed by atoms with Crippen molar-refractivity contribution in [3.63, 3.8) is 0 Å². The topological polar surface area (TPSA) is 75.8 Å². The third-order valence-electron chi connectivity index (χ3n) is 3.99. The minimum absolute atomic E-state index is 0.402. The molecule has 0 unspecified atom stereocenters. The average molecular weight is 281 g/mol. The number of nitrogens with zero attached hydrogens (tertiary/aromatic N) is 3. The Bertz CT molecular complexity index is 680. The van der Waals surface area contributed by atoms with Crippen LogP contribution in [0.25, 0.3) is 0 Å². The molecule has 108 valence electrons. The summed E-state index contributed by atoms with van der Waals surface area (Å²) >= 11 is 0. The molecule has 0 aliphatic carbocycles. The highest BCUT2D eigenvalue weighted by molar-refractivity contribution is 6.05. The number of aromatic nitrogens is 1. The molecule has 21 heavy (non-hydrogen) atoms. The highest BCUT2D eigenvalue weighted by Gasteiger charge is 2.37. The van der Waals surface area contributed by atoms with E-state index in [4.69, 9.17) is 10.7 Å². The number of allylic oxidation sites excluding steroid dienone is 1. The Morgan fingerprint density at radius 3 is 2.76 bits per heavy atom. The van der Waals surface area contributed by atoms with E-state index in [0.717, 1.165) is 11.3 Å². The number of aryl methyl sites for hydroxylation is 1. The van der Waals surface area contributed by atoms with Gasteiger partial charge in [-0.05, 0) is 38.5 Å². The average Bonchev–Trinajstić information content (AvgIpc) is 2.58. The molecule has 2 rings (SSSR count). The van der Waals surface area contributed by atoms with Gasteiger partial charge in [0.25, 0.3) is 0 Å². The molecule has 1 atom stereocenters. The Labute approximate surface area is 125 Å². The number of likely N-dealkylation sites (N-methyl/N-ethyl adjacent to an activating group) is 1. The second-order valence-electron chi connectivity index (χ2n) is 5.35. The Morgan fingerprint density at radius 1 is 1.43 bits per heavy atom. The van der Waals surface area contributed by atoms with Crippen molar-refractivity contribution < 1.29 is 0 Å². The van der Waals surface area contributed by atoms with Crippen LogP contribution in [0.1, 0.15) is 25.2 Å². The molecule has 0 amide bonds. The van der Waals surface area contributed by atoms with E-state index in [2.05, 4.69) is 16.4 Å². The lowest BCUT2D eigenvalue weighted by Crippen LogP contribution is -2.49. The maximum atomic E-state index is 9.08. The predicted molar refractivity (Wildman–Crippen MR) is 82.6 cm³/mol. The second kappa shape index (κ2) is 5.41. The van der Waals surface area contributed by atoms with Crippen molar-refractivity contribution in [3.05, 3.63) is 53.3 Å². The summed E-state index contributed by atoms with van der Waals surface area (Å²) < 4.78 is 0. The van der Waals surface area contributed by atoms with Crippen molar-refractivity contribution in [1.82, 2.24) is 15.2 Å². The van der Waals surface area contributed by atoms with Gasteiger partial charge in [-0.15, -0.1) is 0 Å². The van der Waals surface area contributed by atoms with E-state index in [0.29, 0.717) is 17.1 Å². The molecular weight excluding hydrogens is 262 g/mol. The Hall–Kier alpha value is -2.61. The predicted octanol–water partition coefficient (Wildman–Crippen LogP) is 2.32. The molecule has 0 spiro atoms. The minimum Gasteiger partial charge on any atom is -0.363 e.